The van der Waals surface area contributed by atoms with E-state index in [1.807, 2.05) is 12.1 Å². The summed E-state index contributed by atoms with van der Waals surface area (Å²) in [7, 11) is -3.66. The van der Waals surface area contributed by atoms with E-state index in [1.54, 1.807) is 18.2 Å². The zero-order valence-electron chi connectivity index (χ0n) is 21.0. The molecule has 2 aromatic rings. The van der Waals surface area contributed by atoms with Crippen molar-refractivity contribution in [1.29, 1.82) is 0 Å². The lowest BCUT2D eigenvalue weighted by Gasteiger charge is -2.57. The van der Waals surface area contributed by atoms with Gasteiger partial charge in [0, 0.05) is 34.4 Å². The first-order valence-electron chi connectivity index (χ1n) is 13.5. The molecule has 0 radical (unpaired) electrons. The van der Waals surface area contributed by atoms with E-state index in [0.29, 0.717) is 40.4 Å². The number of rotatable bonds is 6. The maximum absolute atomic E-state index is 13.2. The molecule has 4 bridgehead atoms. The third kappa shape index (κ3) is 5.07. The van der Waals surface area contributed by atoms with Gasteiger partial charge in [0.15, 0.2) is 0 Å². The molecule has 5 nitrogen and oxygen atoms in total. The van der Waals surface area contributed by atoms with E-state index in [9.17, 15) is 13.2 Å². The number of nitrogens with zero attached hydrogens (tertiary/aromatic N) is 1. The van der Waals surface area contributed by atoms with Crippen LogP contribution in [0.4, 0.5) is 5.69 Å². The molecule has 1 heterocycles. The van der Waals surface area contributed by atoms with Crippen LogP contribution in [0, 0.1) is 23.7 Å². The highest BCUT2D eigenvalue weighted by atomic mass is 35.5. The summed E-state index contributed by atoms with van der Waals surface area (Å²) in [6.07, 6.45) is 9.52. The monoisotopic (exact) mass is 560 g/mol. The van der Waals surface area contributed by atoms with Gasteiger partial charge in [-0.2, -0.15) is 0 Å². The van der Waals surface area contributed by atoms with Crippen LogP contribution in [0.25, 0.3) is 0 Å². The van der Waals surface area contributed by atoms with Crippen molar-refractivity contribution in [2.45, 2.75) is 62.5 Å². The number of carbonyl (C=O) groups is 1. The predicted molar refractivity (Wildman–Crippen MR) is 148 cm³/mol. The molecule has 4 aliphatic carbocycles. The number of hydrogen-bond donors (Lipinski definition) is 1. The summed E-state index contributed by atoms with van der Waals surface area (Å²) in [6, 6.07) is 13.5. The fourth-order valence-electron chi connectivity index (χ4n) is 7.97. The van der Waals surface area contributed by atoms with Crippen LogP contribution >= 0.6 is 23.2 Å². The predicted octanol–water partition coefficient (Wildman–Crippen LogP) is 6.64. The maximum Gasteiger partial charge on any atom is 0.228 e. The quantitative estimate of drug-likeness (QED) is 0.430. The number of carbonyl (C=O) groups excluding carboxylic acids is 1. The third-order valence-electron chi connectivity index (χ3n) is 9.34. The Morgan fingerprint density at radius 3 is 2.14 bits per heavy atom. The molecule has 1 saturated heterocycles. The second-order valence-electron chi connectivity index (χ2n) is 11.9. The molecule has 8 heteroatoms. The minimum atomic E-state index is -3.66. The molecule has 2 aromatic carbocycles. The topological polar surface area (TPSA) is 66.5 Å². The molecule has 0 aromatic heterocycles. The van der Waals surface area contributed by atoms with Crippen molar-refractivity contribution in [1.82, 2.24) is 4.31 Å². The van der Waals surface area contributed by atoms with Gasteiger partial charge in [0.05, 0.1) is 11.7 Å². The highest BCUT2D eigenvalue weighted by molar-refractivity contribution is 7.88. The fourth-order valence-corrected chi connectivity index (χ4v) is 10.3. The molecule has 4 saturated carbocycles. The third-order valence-corrected chi connectivity index (χ3v) is 11.8. The van der Waals surface area contributed by atoms with Crippen LogP contribution in [-0.2, 0) is 26.0 Å². The van der Waals surface area contributed by atoms with Gasteiger partial charge in [-0.3, -0.25) is 4.79 Å². The highest BCUT2D eigenvalue weighted by Gasteiger charge is 2.51. The van der Waals surface area contributed by atoms with Gasteiger partial charge in [0.2, 0.25) is 15.9 Å². The number of anilines is 1. The van der Waals surface area contributed by atoms with E-state index in [0.717, 1.165) is 23.4 Å². The van der Waals surface area contributed by atoms with Gasteiger partial charge in [0.25, 0.3) is 0 Å². The van der Waals surface area contributed by atoms with E-state index >= 15 is 0 Å². The summed E-state index contributed by atoms with van der Waals surface area (Å²) in [5.41, 5.74) is 2.94. The Morgan fingerprint density at radius 2 is 1.54 bits per heavy atom. The van der Waals surface area contributed by atoms with Crippen molar-refractivity contribution >= 4 is 44.8 Å². The van der Waals surface area contributed by atoms with Gasteiger partial charge >= 0.3 is 0 Å². The number of hydrogen-bond acceptors (Lipinski definition) is 3. The van der Waals surface area contributed by atoms with Gasteiger partial charge in [-0.1, -0.05) is 41.4 Å². The molecule has 1 N–H and O–H groups in total. The minimum Gasteiger partial charge on any atom is -0.326 e. The minimum absolute atomic E-state index is 0.127. The Labute approximate surface area is 230 Å². The Balaban J connectivity index is 1.10. The molecule has 7 rings (SSSR count). The first-order chi connectivity index (χ1) is 17.7. The van der Waals surface area contributed by atoms with Crippen molar-refractivity contribution < 1.29 is 13.2 Å². The van der Waals surface area contributed by atoms with Crippen molar-refractivity contribution in [3.8, 4) is 0 Å². The standard InChI is InChI=1S/C29H34Cl2N2O3S/c30-26-4-1-5-27(31)25(26)18-37(35,36)33-10-2-3-22(17-33)28(34)32-24-8-6-23(7-9-24)29-14-19-11-20(15-29)13-21(12-19)16-29/h1,4-9,19-22H,2-3,10-18H2,(H,32,34)/t19?,20?,21?,22-,29?/m0/s1. The Morgan fingerprint density at radius 1 is 0.946 bits per heavy atom. The van der Waals surface area contributed by atoms with Gasteiger partial charge in [-0.25, -0.2) is 12.7 Å². The number of halogens is 2. The van der Waals surface area contributed by atoms with E-state index in [1.165, 1.54) is 48.4 Å². The lowest BCUT2D eigenvalue weighted by Crippen LogP contribution is -2.48. The van der Waals surface area contributed by atoms with Crippen LogP contribution in [0.15, 0.2) is 42.5 Å². The van der Waals surface area contributed by atoms with Gasteiger partial charge in [0.1, 0.15) is 0 Å². The smallest absolute Gasteiger partial charge is 0.228 e. The van der Waals surface area contributed by atoms with Crippen LogP contribution in [0.5, 0.6) is 0 Å². The zero-order chi connectivity index (χ0) is 25.8. The summed E-state index contributed by atoms with van der Waals surface area (Å²) in [5.74, 6) is 1.89. The summed E-state index contributed by atoms with van der Waals surface area (Å²) in [5, 5.41) is 3.72. The molecule has 0 unspecified atom stereocenters. The summed E-state index contributed by atoms with van der Waals surface area (Å²) >= 11 is 12.4. The van der Waals surface area contributed by atoms with Crippen molar-refractivity contribution in [3.05, 3.63) is 63.6 Å². The van der Waals surface area contributed by atoms with Gasteiger partial charge in [-0.05, 0) is 104 Å². The summed E-state index contributed by atoms with van der Waals surface area (Å²) in [4.78, 5) is 13.1. The first-order valence-corrected chi connectivity index (χ1v) is 15.9. The van der Waals surface area contributed by atoms with Gasteiger partial charge < -0.3 is 5.32 Å². The largest absolute Gasteiger partial charge is 0.326 e. The molecule has 0 spiro atoms. The molecule has 1 atom stereocenters. The molecule has 5 aliphatic rings. The van der Waals surface area contributed by atoms with Crippen LogP contribution in [0.1, 0.15) is 62.5 Å². The molecular formula is C29H34Cl2N2O3S. The number of piperidine rings is 1. The normalized spacial score (nSPS) is 31.4. The second kappa shape index (κ2) is 9.86. The van der Waals surface area contributed by atoms with Crippen LogP contribution in [0.3, 0.4) is 0 Å². The lowest BCUT2D eigenvalue weighted by molar-refractivity contribution is -0.120. The van der Waals surface area contributed by atoms with Crippen molar-refractivity contribution in [2.75, 3.05) is 18.4 Å². The van der Waals surface area contributed by atoms with E-state index in [4.69, 9.17) is 23.2 Å². The fraction of sp³-hybridized carbons (Fsp3) is 0.552. The molecule has 1 amide bonds. The van der Waals surface area contributed by atoms with Crippen molar-refractivity contribution in [2.24, 2.45) is 23.7 Å². The molecule has 1 aliphatic heterocycles. The molecular weight excluding hydrogens is 527 g/mol. The Bertz CT molecular complexity index is 1240. The van der Waals surface area contributed by atoms with E-state index < -0.39 is 15.9 Å². The highest BCUT2D eigenvalue weighted by Crippen LogP contribution is 2.60. The van der Waals surface area contributed by atoms with Gasteiger partial charge in [-0.15, -0.1) is 0 Å². The average molecular weight is 562 g/mol. The van der Waals surface area contributed by atoms with Crippen LogP contribution in [-0.4, -0.2) is 31.7 Å². The number of sulfonamides is 1. The van der Waals surface area contributed by atoms with Crippen LogP contribution in [0.2, 0.25) is 10.0 Å². The summed E-state index contributed by atoms with van der Waals surface area (Å²) in [6.45, 7) is 0.565. The number of benzene rings is 2. The SMILES string of the molecule is O=C(Nc1ccc(C23CC4CC(CC(C4)C2)C3)cc1)[C@H]1CCCN(S(=O)(=O)Cc2c(Cl)cccc2Cl)C1. The number of amides is 1. The average Bonchev–Trinajstić information content (AvgIpc) is 2.86. The molecule has 198 valence electrons. The Kier molecular flexibility index (Phi) is 6.84. The van der Waals surface area contributed by atoms with Crippen LogP contribution < -0.4 is 5.32 Å². The second-order valence-corrected chi connectivity index (χ2v) is 14.7. The van der Waals surface area contributed by atoms with Crippen molar-refractivity contribution in [3.63, 3.8) is 0 Å². The zero-order valence-corrected chi connectivity index (χ0v) is 23.3. The van der Waals surface area contributed by atoms with E-state index in [2.05, 4.69) is 17.4 Å². The summed E-state index contributed by atoms with van der Waals surface area (Å²) < 4.78 is 27.7. The van der Waals surface area contributed by atoms with E-state index in [-0.39, 0.29) is 18.2 Å². The molecule has 5 fully saturated rings. The number of nitrogens with one attached hydrogen (secondary N) is 1. The first kappa shape index (κ1) is 25.7. The Hall–Kier alpha value is -1.60. The molecule has 37 heavy (non-hydrogen) atoms. The lowest BCUT2D eigenvalue weighted by atomic mass is 9.48. The maximum atomic E-state index is 13.2.